The summed E-state index contributed by atoms with van der Waals surface area (Å²) < 4.78 is 45.1. The van der Waals surface area contributed by atoms with Gasteiger partial charge in [0.1, 0.15) is 18.5 Å². The molecule has 0 unspecified atom stereocenters. The minimum atomic E-state index is -3.52. The molecule has 0 radical (unpaired) electrons. The molecule has 2 N–H and O–H groups in total. The van der Waals surface area contributed by atoms with Crippen LogP contribution in [0.2, 0.25) is 0 Å². The standard InChI is InChI=1S/C25H34N4O6S2/c1-18-26-22-15-21(5-7-25(22)36-18)35-17-20(30)16-29-10-8-28(9-11-29)12-13-37(31,32)27-19-4-6-23(33-2)24(14-19)34-3/h4-7,14-15,20,27,30H,8-13,16-17H2,1-3H3/t20-/m1/s1. The van der Waals surface area contributed by atoms with Crippen molar-refractivity contribution in [3.8, 4) is 17.2 Å². The summed E-state index contributed by atoms with van der Waals surface area (Å²) >= 11 is 1.64. The van der Waals surface area contributed by atoms with Gasteiger partial charge >= 0.3 is 0 Å². The molecule has 1 fully saturated rings. The van der Waals surface area contributed by atoms with Gasteiger partial charge in [0.15, 0.2) is 11.5 Å². The monoisotopic (exact) mass is 550 g/mol. The predicted molar refractivity (Wildman–Crippen MR) is 146 cm³/mol. The number of nitrogens with zero attached hydrogens (tertiary/aromatic N) is 3. The van der Waals surface area contributed by atoms with Crippen LogP contribution in [0.15, 0.2) is 36.4 Å². The molecule has 2 heterocycles. The Morgan fingerprint density at radius 3 is 2.51 bits per heavy atom. The number of β-amino-alcohol motifs (C(OH)–C–C–N with tert-alkyl or cyclic N) is 1. The first-order valence-electron chi connectivity index (χ1n) is 12.1. The van der Waals surface area contributed by atoms with Crippen LogP contribution in [0, 0.1) is 6.92 Å². The van der Waals surface area contributed by atoms with Crippen LogP contribution in [-0.4, -0.2) is 100 Å². The summed E-state index contributed by atoms with van der Waals surface area (Å²) in [6.07, 6.45) is -0.620. The second-order valence-corrected chi connectivity index (χ2v) is 12.0. The number of hydrogen-bond donors (Lipinski definition) is 2. The Kier molecular flexibility index (Phi) is 9.08. The number of benzene rings is 2. The van der Waals surface area contributed by atoms with Crippen LogP contribution in [0.5, 0.6) is 17.2 Å². The van der Waals surface area contributed by atoms with Gasteiger partial charge in [0.25, 0.3) is 0 Å². The van der Waals surface area contributed by atoms with Gasteiger partial charge in [-0.15, -0.1) is 11.3 Å². The minimum absolute atomic E-state index is 0.0132. The van der Waals surface area contributed by atoms with Crippen molar-refractivity contribution in [2.24, 2.45) is 0 Å². The first-order chi connectivity index (χ1) is 17.7. The van der Waals surface area contributed by atoms with E-state index >= 15 is 0 Å². The quantitative estimate of drug-likeness (QED) is 0.351. The van der Waals surface area contributed by atoms with E-state index in [4.69, 9.17) is 14.2 Å². The van der Waals surface area contributed by atoms with Crippen LogP contribution in [0.1, 0.15) is 5.01 Å². The molecule has 4 rings (SSSR count). The molecule has 3 aromatic rings. The number of rotatable bonds is 12. The Labute approximate surface area is 221 Å². The lowest BCUT2D eigenvalue weighted by Crippen LogP contribution is -2.50. The maximum Gasteiger partial charge on any atom is 0.233 e. The van der Waals surface area contributed by atoms with E-state index in [2.05, 4.69) is 19.5 Å². The Hall–Kier alpha value is -2.64. The van der Waals surface area contributed by atoms with E-state index in [0.29, 0.717) is 36.0 Å². The fourth-order valence-electron chi connectivity index (χ4n) is 4.23. The van der Waals surface area contributed by atoms with Crippen molar-refractivity contribution in [2.45, 2.75) is 13.0 Å². The molecule has 2 aromatic carbocycles. The van der Waals surface area contributed by atoms with Gasteiger partial charge in [-0.2, -0.15) is 0 Å². The molecule has 1 aliphatic heterocycles. The first kappa shape index (κ1) is 27.4. The number of aryl methyl sites for hydroxylation is 1. The zero-order chi connectivity index (χ0) is 26.4. The lowest BCUT2D eigenvalue weighted by molar-refractivity contribution is 0.0472. The van der Waals surface area contributed by atoms with Crippen molar-refractivity contribution in [2.75, 3.05) is 70.6 Å². The van der Waals surface area contributed by atoms with E-state index in [1.807, 2.05) is 25.1 Å². The number of aromatic nitrogens is 1. The zero-order valence-corrected chi connectivity index (χ0v) is 23.0. The van der Waals surface area contributed by atoms with Crippen molar-refractivity contribution in [3.63, 3.8) is 0 Å². The SMILES string of the molecule is COc1ccc(NS(=O)(=O)CCN2CCN(C[C@@H](O)COc3ccc4sc(C)nc4c3)CC2)cc1OC. The first-order valence-corrected chi connectivity index (χ1v) is 14.6. The van der Waals surface area contributed by atoms with Gasteiger partial charge in [-0.05, 0) is 31.2 Å². The van der Waals surface area contributed by atoms with E-state index in [9.17, 15) is 13.5 Å². The fourth-order valence-corrected chi connectivity index (χ4v) is 6.12. The number of sulfonamides is 1. The normalized spacial score (nSPS) is 16.0. The van der Waals surface area contributed by atoms with Gasteiger partial charge in [-0.3, -0.25) is 14.5 Å². The average molecular weight is 551 g/mol. The van der Waals surface area contributed by atoms with Crippen molar-refractivity contribution in [1.82, 2.24) is 14.8 Å². The molecule has 10 nitrogen and oxygen atoms in total. The fraction of sp³-hybridized carbons (Fsp3) is 0.480. The molecule has 1 atom stereocenters. The van der Waals surface area contributed by atoms with Gasteiger partial charge in [0.2, 0.25) is 10.0 Å². The topological polar surface area (TPSA) is 113 Å². The zero-order valence-electron chi connectivity index (χ0n) is 21.3. The highest BCUT2D eigenvalue weighted by Crippen LogP contribution is 2.30. The minimum Gasteiger partial charge on any atom is -0.493 e. The van der Waals surface area contributed by atoms with Crippen molar-refractivity contribution >= 4 is 37.3 Å². The van der Waals surface area contributed by atoms with E-state index in [1.165, 1.54) is 14.2 Å². The highest BCUT2D eigenvalue weighted by molar-refractivity contribution is 7.92. The summed E-state index contributed by atoms with van der Waals surface area (Å²) in [6, 6.07) is 10.7. The van der Waals surface area contributed by atoms with Crippen LogP contribution in [0.4, 0.5) is 5.69 Å². The molecule has 202 valence electrons. The molecular formula is C25H34N4O6S2. The Bertz CT molecular complexity index is 1290. The van der Waals surface area contributed by atoms with Crippen LogP contribution in [0.3, 0.4) is 0 Å². The molecule has 0 aliphatic carbocycles. The van der Waals surface area contributed by atoms with Gasteiger partial charge < -0.3 is 19.3 Å². The molecule has 1 saturated heterocycles. The molecule has 0 saturated carbocycles. The van der Waals surface area contributed by atoms with Crippen LogP contribution >= 0.6 is 11.3 Å². The highest BCUT2D eigenvalue weighted by Gasteiger charge is 2.21. The second kappa shape index (κ2) is 12.3. The molecule has 0 spiro atoms. The number of hydrogen-bond acceptors (Lipinski definition) is 10. The Balaban J connectivity index is 1.17. The number of aliphatic hydroxyl groups excluding tert-OH is 1. The number of fused-ring (bicyclic) bond motifs is 1. The van der Waals surface area contributed by atoms with Crippen molar-refractivity contribution in [3.05, 3.63) is 41.4 Å². The molecule has 0 amide bonds. The van der Waals surface area contributed by atoms with Gasteiger partial charge in [0, 0.05) is 51.4 Å². The molecule has 0 bridgehead atoms. The summed E-state index contributed by atoms with van der Waals surface area (Å²) in [5.74, 6) is 1.68. The number of piperazine rings is 1. The maximum atomic E-state index is 12.6. The van der Waals surface area contributed by atoms with Crippen LogP contribution in [-0.2, 0) is 10.0 Å². The highest BCUT2D eigenvalue weighted by atomic mass is 32.2. The number of ether oxygens (including phenoxy) is 3. The summed E-state index contributed by atoms with van der Waals surface area (Å²) in [5.41, 5.74) is 1.34. The Morgan fingerprint density at radius 2 is 1.78 bits per heavy atom. The molecule has 12 heteroatoms. The maximum absolute atomic E-state index is 12.6. The summed E-state index contributed by atoms with van der Waals surface area (Å²) in [5, 5.41) is 11.5. The number of nitrogens with one attached hydrogen (secondary N) is 1. The number of methoxy groups -OCH3 is 2. The molecule has 1 aromatic heterocycles. The van der Waals surface area contributed by atoms with E-state index in [1.54, 1.807) is 29.5 Å². The molecule has 37 heavy (non-hydrogen) atoms. The average Bonchev–Trinajstić information content (AvgIpc) is 3.26. The number of thiazole rings is 1. The van der Waals surface area contributed by atoms with Gasteiger partial charge in [0.05, 0.1) is 40.9 Å². The van der Waals surface area contributed by atoms with E-state index in [-0.39, 0.29) is 12.4 Å². The van der Waals surface area contributed by atoms with Crippen molar-refractivity contribution in [1.29, 1.82) is 0 Å². The van der Waals surface area contributed by atoms with Gasteiger partial charge in [-0.1, -0.05) is 0 Å². The lowest BCUT2D eigenvalue weighted by Gasteiger charge is -2.35. The van der Waals surface area contributed by atoms with Crippen LogP contribution < -0.4 is 18.9 Å². The van der Waals surface area contributed by atoms with Crippen LogP contribution in [0.25, 0.3) is 10.2 Å². The number of anilines is 1. The second-order valence-electron chi connectivity index (χ2n) is 8.96. The van der Waals surface area contributed by atoms with E-state index in [0.717, 1.165) is 41.4 Å². The number of aliphatic hydroxyl groups is 1. The largest absolute Gasteiger partial charge is 0.493 e. The Morgan fingerprint density at radius 1 is 1.05 bits per heavy atom. The summed E-state index contributed by atoms with van der Waals surface area (Å²) in [7, 11) is -0.485. The lowest BCUT2D eigenvalue weighted by atomic mass is 10.2. The van der Waals surface area contributed by atoms with Gasteiger partial charge in [-0.25, -0.2) is 13.4 Å². The summed E-state index contributed by atoms with van der Waals surface area (Å²) in [4.78, 5) is 8.78. The molecule has 1 aliphatic rings. The molecular weight excluding hydrogens is 516 g/mol. The third-order valence-electron chi connectivity index (χ3n) is 6.18. The smallest absolute Gasteiger partial charge is 0.233 e. The third-order valence-corrected chi connectivity index (χ3v) is 8.39. The van der Waals surface area contributed by atoms with E-state index < -0.39 is 16.1 Å². The predicted octanol–water partition coefficient (Wildman–Crippen LogP) is 2.42. The summed E-state index contributed by atoms with van der Waals surface area (Å²) in [6.45, 7) is 6.10. The third kappa shape index (κ3) is 7.68. The van der Waals surface area contributed by atoms with Crippen molar-refractivity contribution < 1.29 is 27.7 Å².